The van der Waals surface area contributed by atoms with Gasteiger partial charge < -0.3 is 5.73 Å². The number of nitrogens with two attached hydrogens (primary N) is 1. The second-order valence-corrected chi connectivity index (χ2v) is 6.20. The zero-order valence-electron chi connectivity index (χ0n) is 13.7. The molecule has 0 aliphatic rings. The molecule has 2 aromatic heterocycles. The Kier molecular flexibility index (Phi) is 4.25. The van der Waals surface area contributed by atoms with Gasteiger partial charge in [0.05, 0.1) is 35.9 Å². The number of nitrogens with zero attached hydrogens (tertiary/aromatic N) is 5. The topological polar surface area (TPSA) is 74.5 Å². The summed E-state index contributed by atoms with van der Waals surface area (Å²) in [6, 6.07) is 10.2. The van der Waals surface area contributed by atoms with Gasteiger partial charge in [-0.3, -0.25) is 0 Å². The highest BCUT2D eigenvalue weighted by atomic mass is 15.4. The number of hydrogen-bond acceptors (Lipinski definition) is 4. The molecule has 3 rings (SSSR count). The Morgan fingerprint density at radius 3 is 2.57 bits per heavy atom. The lowest BCUT2D eigenvalue weighted by Gasteiger charge is -2.11. The van der Waals surface area contributed by atoms with Gasteiger partial charge in [0, 0.05) is 6.20 Å². The predicted molar refractivity (Wildman–Crippen MR) is 89.2 cm³/mol. The molecule has 0 radical (unpaired) electrons. The van der Waals surface area contributed by atoms with E-state index in [1.807, 2.05) is 23.1 Å². The van der Waals surface area contributed by atoms with Crippen LogP contribution in [0.2, 0.25) is 0 Å². The normalized spacial score (nSPS) is 12.7. The summed E-state index contributed by atoms with van der Waals surface area (Å²) in [5.41, 5.74) is 10.1. The van der Waals surface area contributed by atoms with Crippen LogP contribution < -0.4 is 5.73 Å². The van der Waals surface area contributed by atoms with Crippen molar-refractivity contribution in [3.8, 4) is 5.69 Å². The molecule has 120 valence electrons. The summed E-state index contributed by atoms with van der Waals surface area (Å²) in [6.45, 7) is 6.80. The molecule has 1 atom stereocenters. The number of hydrogen-bond donors (Lipinski definition) is 1. The lowest BCUT2D eigenvalue weighted by Crippen LogP contribution is -2.17. The average Bonchev–Trinajstić information content (AvgIpc) is 3.17. The molecule has 0 aliphatic carbocycles. The Morgan fingerprint density at radius 2 is 1.87 bits per heavy atom. The molecule has 0 amide bonds. The number of benzene rings is 1. The third-order valence-corrected chi connectivity index (χ3v) is 3.88. The first-order chi connectivity index (χ1) is 11.0. The molecule has 0 aliphatic heterocycles. The zero-order valence-corrected chi connectivity index (χ0v) is 13.7. The lowest BCUT2D eigenvalue weighted by molar-refractivity contribution is 0.502. The smallest absolute Gasteiger partial charge is 0.0996 e. The third-order valence-electron chi connectivity index (χ3n) is 3.88. The van der Waals surface area contributed by atoms with E-state index in [1.54, 1.807) is 4.68 Å². The van der Waals surface area contributed by atoms with Crippen LogP contribution in [0.25, 0.3) is 5.69 Å². The highest BCUT2D eigenvalue weighted by Crippen LogP contribution is 2.16. The zero-order chi connectivity index (χ0) is 16.4. The van der Waals surface area contributed by atoms with E-state index < -0.39 is 0 Å². The molecule has 1 unspecified atom stereocenters. The minimum atomic E-state index is -0.0890. The van der Waals surface area contributed by atoms with Crippen molar-refractivity contribution in [2.24, 2.45) is 11.7 Å². The fourth-order valence-electron chi connectivity index (χ4n) is 2.34. The van der Waals surface area contributed by atoms with Gasteiger partial charge in [-0.15, -0.1) is 5.10 Å². The molecule has 2 N–H and O–H groups in total. The molecule has 6 heteroatoms. The minimum Gasteiger partial charge on any atom is -0.322 e. The second-order valence-electron chi connectivity index (χ2n) is 6.20. The van der Waals surface area contributed by atoms with Gasteiger partial charge in [0.25, 0.3) is 0 Å². The molecule has 0 spiro atoms. The first kappa shape index (κ1) is 15.4. The summed E-state index contributed by atoms with van der Waals surface area (Å²) in [4.78, 5) is 0. The van der Waals surface area contributed by atoms with Crippen molar-refractivity contribution in [3.63, 3.8) is 0 Å². The van der Waals surface area contributed by atoms with Crippen LogP contribution in [-0.4, -0.2) is 24.8 Å². The first-order valence-corrected chi connectivity index (χ1v) is 7.80. The Hall–Kier alpha value is -2.47. The van der Waals surface area contributed by atoms with E-state index in [0.29, 0.717) is 12.5 Å². The van der Waals surface area contributed by atoms with Crippen molar-refractivity contribution >= 4 is 0 Å². The highest BCUT2D eigenvalue weighted by molar-refractivity contribution is 5.33. The molecule has 6 nitrogen and oxygen atoms in total. The van der Waals surface area contributed by atoms with E-state index in [0.717, 1.165) is 17.1 Å². The maximum Gasteiger partial charge on any atom is 0.0996 e. The molecule has 0 saturated carbocycles. The van der Waals surface area contributed by atoms with Gasteiger partial charge in [-0.1, -0.05) is 36.8 Å². The van der Waals surface area contributed by atoms with Crippen molar-refractivity contribution < 1.29 is 0 Å². The number of aromatic nitrogens is 5. The van der Waals surface area contributed by atoms with Gasteiger partial charge in [0.2, 0.25) is 0 Å². The summed E-state index contributed by atoms with van der Waals surface area (Å²) >= 11 is 0. The maximum atomic E-state index is 6.10. The van der Waals surface area contributed by atoms with E-state index in [4.69, 9.17) is 5.73 Å². The average molecular weight is 310 g/mol. The molecule has 2 heterocycles. The van der Waals surface area contributed by atoms with Gasteiger partial charge in [-0.05, 0) is 31.0 Å². The summed E-state index contributed by atoms with van der Waals surface area (Å²) in [7, 11) is 0. The van der Waals surface area contributed by atoms with Gasteiger partial charge in [0.1, 0.15) is 0 Å². The van der Waals surface area contributed by atoms with Crippen molar-refractivity contribution in [2.45, 2.75) is 33.4 Å². The van der Waals surface area contributed by atoms with Gasteiger partial charge in [-0.25, -0.2) is 9.36 Å². The van der Waals surface area contributed by atoms with Gasteiger partial charge in [0.15, 0.2) is 0 Å². The van der Waals surface area contributed by atoms with Crippen molar-refractivity contribution in [1.29, 1.82) is 0 Å². The van der Waals surface area contributed by atoms with Crippen LogP contribution in [0.4, 0.5) is 0 Å². The fraction of sp³-hybridized carbons (Fsp3) is 0.353. The molecule has 23 heavy (non-hydrogen) atoms. The first-order valence-electron chi connectivity index (χ1n) is 7.80. The molecule has 3 aromatic rings. The van der Waals surface area contributed by atoms with Crippen LogP contribution in [0.15, 0.2) is 42.7 Å². The van der Waals surface area contributed by atoms with Crippen LogP contribution in [-0.2, 0) is 6.54 Å². The van der Waals surface area contributed by atoms with E-state index >= 15 is 0 Å². The number of aryl methyl sites for hydroxylation is 1. The summed E-state index contributed by atoms with van der Waals surface area (Å²) in [5.74, 6) is 0.334. The van der Waals surface area contributed by atoms with Gasteiger partial charge >= 0.3 is 0 Å². The van der Waals surface area contributed by atoms with E-state index in [2.05, 4.69) is 60.4 Å². The number of rotatable bonds is 5. The SMILES string of the molecule is Cc1ccc(-n2ccc(Cn3cc(C(N)C(C)C)nn3)n2)cc1. The van der Waals surface area contributed by atoms with Crippen LogP contribution in [0.1, 0.15) is 36.8 Å². The largest absolute Gasteiger partial charge is 0.322 e. The standard InChI is InChI=1S/C17H22N6/c1-12(2)17(18)16-11-22(21-19-16)10-14-8-9-23(20-14)15-6-4-13(3)5-7-15/h4-9,11-12,17H,10,18H2,1-3H3. The molecular formula is C17H22N6. The van der Waals surface area contributed by atoms with Crippen LogP contribution in [0.3, 0.4) is 0 Å². The summed E-state index contributed by atoms with van der Waals surface area (Å²) < 4.78 is 3.64. The van der Waals surface area contributed by atoms with Crippen LogP contribution in [0.5, 0.6) is 0 Å². The molecule has 0 fully saturated rings. The van der Waals surface area contributed by atoms with E-state index in [9.17, 15) is 0 Å². The van der Waals surface area contributed by atoms with Crippen molar-refractivity contribution in [3.05, 3.63) is 59.7 Å². The molecule has 1 aromatic carbocycles. The second kappa shape index (κ2) is 6.34. The molecule has 0 bridgehead atoms. The quantitative estimate of drug-likeness (QED) is 0.785. The predicted octanol–water partition coefficient (Wildman–Crippen LogP) is 2.48. The Bertz CT molecular complexity index is 768. The fourth-order valence-corrected chi connectivity index (χ4v) is 2.34. The Labute approximate surface area is 135 Å². The van der Waals surface area contributed by atoms with Gasteiger partial charge in [-0.2, -0.15) is 5.10 Å². The van der Waals surface area contributed by atoms with Crippen LogP contribution >= 0.6 is 0 Å². The summed E-state index contributed by atoms with van der Waals surface area (Å²) in [5, 5.41) is 12.9. The van der Waals surface area contributed by atoms with E-state index in [1.165, 1.54) is 5.56 Å². The lowest BCUT2D eigenvalue weighted by atomic mass is 10.0. The minimum absolute atomic E-state index is 0.0890. The van der Waals surface area contributed by atoms with Crippen molar-refractivity contribution in [1.82, 2.24) is 24.8 Å². The highest BCUT2D eigenvalue weighted by Gasteiger charge is 2.14. The third kappa shape index (κ3) is 3.48. The Balaban J connectivity index is 1.73. The molecular weight excluding hydrogens is 288 g/mol. The molecule has 0 saturated heterocycles. The van der Waals surface area contributed by atoms with E-state index in [-0.39, 0.29) is 6.04 Å². The summed E-state index contributed by atoms with van der Waals surface area (Å²) in [6.07, 6.45) is 3.85. The van der Waals surface area contributed by atoms with Crippen molar-refractivity contribution in [2.75, 3.05) is 0 Å². The maximum absolute atomic E-state index is 6.10. The Morgan fingerprint density at radius 1 is 1.13 bits per heavy atom. The monoisotopic (exact) mass is 310 g/mol. The van der Waals surface area contributed by atoms with Crippen LogP contribution in [0, 0.1) is 12.8 Å².